The summed E-state index contributed by atoms with van der Waals surface area (Å²) >= 11 is 0. The van der Waals surface area contributed by atoms with E-state index < -0.39 is 15.5 Å². The fraction of sp³-hybridized carbons (Fsp3) is 0.444. The van der Waals surface area contributed by atoms with Crippen molar-refractivity contribution in [2.45, 2.75) is 57.3 Å². The van der Waals surface area contributed by atoms with Crippen LogP contribution in [0.25, 0.3) is 10.8 Å². The Balaban J connectivity index is 0.00000264. The van der Waals surface area contributed by atoms with Crippen LogP contribution in [-0.2, 0) is 20.9 Å². The number of rotatable bonds is 1. The Morgan fingerprint density at radius 1 is 0.913 bits per heavy atom. The van der Waals surface area contributed by atoms with Gasteiger partial charge in [-0.15, -0.1) is 0 Å². The molecular weight excluding hydrogens is 319 g/mol. The fourth-order valence-electron chi connectivity index (χ4n) is 2.92. The van der Waals surface area contributed by atoms with Crippen LogP contribution in [0.4, 0.5) is 0 Å². The molecule has 0 heterocycles. The third kappa shape index (κ3) is 4.18. The zero-order valence-electron chi connectivity index (χ0n) is 15.1. The Kier molecular flexibility index (Phi) is 5.83. The maximum absolute atomic E-state index is 12.1. The first-order valence-electron chi connectivity index (χ1n) is 7.37. The van der Waals surface area contributed by atoms with Crippen LogP contribution in [0.3, 0.4) is 0 Å². The average Bonchev–Trinajstić information content (AvgIpc) is 2.33. The van der Waals surface area contributed by atoms with E-state index in [0.717, 1.165) is 10.9 Å². The molecule has 0 fully saturated rings. The van der Waals surface area contributed by atoms with Crippen LogP contribution >= 0.6 is 0 Å². The number of fused-ring (bicyclic) bond motifs is 1. The summed E-state index contributed by atoms with van der Waals surface area (Å²) in [7, 11) is -4.33. The first-order chi connectivity index (χ1) is 9.83. The van der Waals surface area contributed by atoms with Crippen LogP contribution in [0.15, 0.2) is 35.2 Å². The van der Waals surface area contributed by atoms with Gasteiger partial charge >= 0.3 is 0 Å². The summed E-state index contributed by atoms with van der Waals surface area (Å²) in [5, 5.41) is 1.40. The predicted octanol–water partition coefficient (Wildman–Crippen LogP) is 4.30. The molecule has 0 unspecified atom stereocenters. The molecule has 121 valence electrons. The van der Waals surface area contributed by atoms with E-state index in [1.165, 1.54) is 0 Å². The molecule has 0 saturated carbocycles. The maximum Gasteiger partial charge on any atom is 0.295 e. The van der Waals surface area contributed by atoms with Crippen LogP contribution < -0.4 is 0 Å². The van der Waals surface area contributed by atoms with Crippen molar-refractivity contribution in [2.24, 2.45) is 0 Å². The summed E-state index contributed by atoms with van der Waals surface area (Å²) in [6.07, 6.45) is 0. The number of hydrogen-bond acceptors (Lipinski definition) is 2. The molecule has 5 heteroatoms. The predicted molar refractivity (Wildman–Crippen MR) is 96.9 cm³/mol. The normalized spacial score (nSPS) is 13.0. The summed E-state index contributed by atoms with van der Waals surface area (Å²) in [6, 6.07) is 9.34. The van der Waals surface area contributed by atoms with E-state index in [2.05, 4.69) is 20.8 Å². The van der Waals surface area contributed by atoms with Crippen LogP contribution in [0.2, 0.25) is 0 Å². The first-order valence-corrected chi connectivity index (χ1v) is 8.81. The minimum Gasteiger partial charge on any atom is -0.282 e. The van der Waals surface area contributed by atoms with Crippen molar-refractivity contribution in [2.75, 3.05) is 0 Å². The molecule has 2 aromatic rings. The summed E-state index contributed by atoms with van der Waals surface area (Å²) < 4.78 is 34.2. The van der Waals surface area contributed by atoms with E-state index in [0.29, 0.717) is 10.9 Å². The summed E-state index contributed by atoms with van der Waals surface area (Å²) in [5.74, 6) is 0. The molecule has 3 nitrogen and oxygen atoms in total. The molecule has 0 saturated heterocycles. The van der Waals surface area contributed by atoms with Crippen molar-refractivity contribution in [3.63, 3.8) is 0 Å². The third-order valence-corrected chi connectivity index (χ3v) is 4.76. The number of benzene rings is 2. The van der Waals surface area contributed by atoms with Gasteiger partial charge in [0, 0.05) is 34.9 Å². The Labute approximate surface area is 161 Å². The summed E-state index contributed by atoms with van der Waals surface area (Å²) in [4.78, 5) is 0.0445. The molecule has 2 aromatic carbocycles. The van der Waals surface area contributed by atoms with E-state index >= 15 is 0 Å². The molecule has 2 rings (SSSR count). The Morgan fingerprint density at radius 2 is 1.43 bits per heavy atom. The zero-order valence-corrected chi connectivity index (χ0v) is 17.9. The molecule has 0 bridgehead atoms. The second-order valence-corrected chi connectivity index (χ2v) is 9.18. The van der Waals surface area contributed by atoms with Crippen LogP contribution in [-0.4, -0.2) is 42.5 Å². The molecule has 0 atom stereocenters. The fourth-order valence-corrected chi connectivity index (χ4v) is 4.06. The van der Waals surface area contributed by atoms with Crippen LogP contribution in [0.1, 0.15) is 52.7 Å². The molecule has 0 aliphatic heterocycles. The molecule has 0 aliphatic carbocycles. The first kappa shape index (κ1) is 20.7. The monoisotopic (exact) mass is 343 g/mol. The number of hydrogen-bond donors (Lipinski definition) is 1. The minimum absolute atomic E-state index is 0. The van der Waals surface area contributed by atoms with Crippen LogP contribution in [0, 0.1) is 0 Å². The molecule has 0 spiro atoms. The summed E-state index contributed by atoms with van der Waals surface area (Å²) in [6.45, 7) is 12.1. The van der Waals surface area contributed by atoms with Crippen molar-refractivity contribution in [1.82, 2.24) is 0 Å². The van der Waals surface area contributed by atoms with Crippen molar-refractivity contribution in [3.8, 4) is 0 Å². The summed E-state index contributed by atoms with van der Waals surface area (Å²) in [5.41, 5.74) is 1.01. The van der Waals surface area contributed by atoms with E-state index in [4.69, 9.17) is 0 Å². The van der Waals surface area contributed by atoms with Gasteiger partial charge < -0.3 is 0 Å². The van der Waals surface area contributed by atoms with E-state index in [-0.39, 0.29) is 39.9 Å². The second-order valence-electron chi connectivity index (χ2n) is 7.82. The van der Waals surface area contributed by atoms with Gasteiger partial charge in [-0.2, -0.15) is 8.42 Å². The van der Waals surface area contributed by atoms with E-state index in [1.807, 2.05) is 39.0 Å². The third-order valence-electron chi connectivity index (χ3n) is 3.82. The SMILES string of the molecule is CC(C)(C)c1cc2ccccc2c(S(=O)(=O)O)c1C(C)(C)C.[Na]. The van der Waals surface area contributed by atoms with Crippen LogP contribution in [0.5, 0.6) is 0 Å². The van der Waals surface area contributed by atoms with Gasteiger partial charge in [0.15, 0.2) is 0 Å². The molecule has 1 N–H and O–H groups in total. The van der Waals surface area contributed by atoms with Gasteiger partial charge in [0.25, 0.3) is 10.1 Å². The molecule has 0 amide bonds. The van der Waals surface area contributed by atoms with Crippen molar-refractivity contribution in [1.29, 1.82) is 0 Å². The molecule has 1 radical (unpaired) electrons. The standard InChI is InChI=1S/C18H24O3S.Na/c1-17(2,3)14-11-12-9-7-8-10-13(12)16(22(19,20)21)15(14)18(4,5)6;/h7-11H,1-6H3,(H,19,20,21);. The van der Waals surface area contributed by atoms with E-state index in [9.17, 15) is 13.0 Å². The van der Waals surface area contributed by atoms with Gasteiger partial charge in [-0.25, -0.2) is 0 Å². The van der Waals surface area contributed by atoms with E-state index in [1.54, 1.807) is 12.1 Å². The van der Waals surface area contributed by atoms with Crippen molar-refractivity contribution < 1.29 is 13.0 Å². The Morgan fingerprint density at radius 3 is 1.87 bits per heavy atom. The Bertz CT molecular complexity index is 826. The van der Waals surface area contributed by atoms with Gasteiger partial charge in [-0.05, 0) is 27.3 Å². The largest absolute Gasteiger partial charge is 0.295 e. The molecule has 23 heavy (non-hydrogen) atoms. The zero-order chi connectivity index (χ0) is 16.9. The quantitative estimate of drug-likeness (QED) is 0.620. The van der Waals surface area contributed by atoms with Gasteiger partial charge in [-0.3, -0.25) is 4.55 Å². The molecule has 0 aliphatic rings. The molecule has 0 aromatic heterocycles. The van der Waals surface area contributed by atoms with Gasteiger partial charge in [0.1, 0.15) is 4.90 Å². The Hall–Kier alpha value is -0.390. The smallest absolute Gasteiger partial charge is 0.282 e. The second kappa shape index (κ2) is 6.49. The maximum atomic E-state index is 12.1. The average molecular weight is 343 g/mol. The van der Waals surface area contributed by atoms with Gasteiger partial charge in [0.05, 0.1) is 0 Å². The van der Waals surface area contributed by atoms with Crippen molar-refractivity contribution in [3.05, 3.63) is 41.5 Å². The minimum atomic E-state index is -4.33. The topological polar surface area (TPSA) is 54.4 Å². The molecular formula is C18H24NaO3S. The van der Waals surface area contributed by atoms with Gasteiger partial charge in [-0.1, -0.05) is 71.9 Å². The van der Waals surface area contributed by atoms with Crippen molar-refractivity contribution >= 4 is 50.4 Å². The van der Waals surface area contributed by atoms with Gasteiger partial charge in [0.2, 0.25) is 0 Å².